The largest absolute Gasteiger partial charge is 0.478 e. The lowest BCUT2D eigenvalue weighted by Gasteiger charge is -2.34. The molecule has 2 aromatic heterocycles. The molecule has 1 atom stereocenters. The number of aromatic nitrogens is 2. The highest BCUT2D eigenvalue weighted by atomic mass is 32.1. The molecule has 5 nitrogen and oxygen atoms in total. The zero-order valence-electron chi connectivity index (χ0n) is 19.6. The Morgan fingerprint density at radius 2 is 1.88 bits per heavy atom. The van der Waals surface area contributed by atoms with Crippen molar-refractivity contribution in [3.05, 3.63) is 83.4 Å². The van der Waals surface area contributed by atoms with E-state index in [1.807, 2.05) is 53.6 Å². The molecule has 2 aromatic carbocycles. The van der Waals surface area contributed by atoms with Crippen LogP contribution in [0.2, 0.25) is 0 Å². The number of anilines is 1. The number of ether oxygens (including phenoxy) is 1. The van der Waals surface area contributed by atoms with E-state index in [-0.39, 0.29) is 5.91 Å². The second-order valence-electron chi connectivity index (χ2n) is 8.77. The summed E-state index contributed by atoms with van der Waals surface area (Å²) >= 11 is 1.56. The van der Waals surface area contributed by atoms with Gasteiger partial charge in [0.2, 0.25) is 0 Å². The highest BCUT2D eigenvalue weighted by Crippen LogP contribution is 2.39. The van der Waals surface area contributed by atoms with Crippen LogP contribution < -0.4 is 9.64 Å². The Morgan fingerprint density at radius 3 is 2.59 bits per heavy atom. The van der Waals surface area contributed by atoms with Gasteiger partial charge in [0.25, 0.3) is 5.91 Å². The van der Waals surface area contributed by atoms with Gasteiger partial charge in [-0.15, -0.1) is 11.3 Å². The summed E-state index contributed by atoms with van der Waals surface area (Å²) in [5.74, 6) is 1.20. The maximum absolute atomic E-state index is 13.3. The Hall–Kier alpha value is -3.51. The summed E-state index contributed by atoms with van der Waals surface area (Å²) < 4.78 is 6.06. The third-order valence-corrected chi connectivity index (χ3v) is 6.97. The molecule has 0 saturated carbocycles. The van der Waals surface area contributed by atoms with E-state index < -0.39 is 6.10 Å². The van der Waals surface area contributed by atoms with Crippen LogP contribution in [-0.4, -0.2) is 22.0 Å². The van der Waals surface area contributed by atoms with Gasteiger partial charge >= 0.3 is 0 Å². The van der Waals surface area contributed by atoms with Crippen LogP contribution in [0.3, 0.4) is 0 Å². The standard InChI is InChI=1S/C28H27N3O2S/c1-4-25-28(32)31(16-19-8-10-20(11-9-19)18(2)3)24-15-21(12-13-26(24)33-25)23-17-34-27(30-23)22-7-5-6-14-29-22/h5-15,17-18,25H,4,16H2,1-3H3. The number of nitrogens with zero attached hydrogens (tertiary/aromatic N) is 3. The van der Waals surface area contributed by atoms with Crippen LogP contribution in [0.5, 0.6) is 5.75 Å². The minimum atomic E-state index is -0.469. The first-order chi connectivity index (χ1) is 16.5. The van der Waals surface area contributed by atoms with E-state index in [4.69, 9.17) is 9.72 Å². The third kappa shape index (κ3) is 4.33. The Balaban J connectivity index is 1.49. The summed E-state index contributed by atoms with van der Waals surface area (Å²) in [6, 6.07) is 20.3. The van der Waals surface area contributed by atoms with E-state index in [2.05, 4.69) is 43.1 Å². The molecule has 0 aliphatic carbocycles. The SMILES string of the molecule is CCC1Oc2ccc(-c3csc(-c4ccccn4)n3)cc2N(Cc2ccc(C(C)C)cc2)C1=O. The molecule has 0 fully saturated rings. The number of thiazole rings is 1. The molecule has 172 valence electrons. The van der Waals surface area contributed by atoms with E-state index in [0.29, 0.717) is 18.9 Å². The fourth-order valence-corrected chi connectivity index (χ4v) is 4.91. The minimum Gasteiger partial charge on any atom is -0.478 e. The highest BCUT2D eigenvalue weighted by Gasteiger charge is 2.33. The van der Waals surface area contributed by atoms with Gasteiger partial charge in [0.15, 0.2) is 6.10 Å². The van der Waals surface area contributed by atoms with Crippen molar-refractivity contribution in [1.82, 2.24) is 9.97 Å². The maximum Gasteiger partial charge on any atom is 0.268 e. The number of amides is 1. The molecule has 0 N–H and O–H groups in total. The van der Waals surface area contributed by atoms with E-state index in [1.54, 1.807) is 17.5 Å². The average Bonchev–Trinajstić information content (AvgIpc) is 3.36. The van der Waals surface area contributed by atoms with Crippen LogP contribution in [0.1, 0.15) is 44.2 Å². The number of hydrogen-bond donors (Lipinski definition) is 0. The van der Waals surface area contributed by atoms with Gasteiger partial charge in [-0.1, -0.05) is 51.1 Å². The van der Waals surface area contributed by atoms with Crippen molar-refractivity contribution in [3.63, 3.8) is 0 Å². The molecule has 3 heterocycles. The smallest absolute Gasteiger partial charge is 0.268 e. The Kier molecular flexibility index (Phi) is 6.16. The van der Waals surface area contributed by atoms with Gasteiger partial charge in [0, 0.05) is 17.1 Å². The fraction of sp³-hybridized carbons (Fsp3) is 0.250. The average molecular weight is 470 g/mol. The first-order valence-corrected chi connectivity index (χ1v) is 12.5. The van der Waals surface area contributed by atoms with Gasteiger partial charge < -0.3 is 9.64 Å². The second kappa shape index (κ2) is 9.39. The minimum absolute atomic E-state index is 0.00691. The predicted octanol–water partition coefficient (Wildman–Crippen LogP) is 6.70. The zero-order valence-corrected chi connectivity index (χ0v) is 20.4. The number of carbonyl (C=O) groups excluding carboxylic acids is 1. The molecule has 1 aliphatic rings. The van der Waals surface area contributed by atoms with E-state index in [9.17, 15) is 4.79 Å². The molecule has 0 spiro atoms. The summed E-state index contributed by atoms with van der Waals surface area (Å²) in [6.45, 7) is 6.85. The van der Waals surface area contributed by atoms with Crippen molar-refractivity contribution >= 4 is 22.9 Å². The van der Waals surface area contributed by atoms with E-state index in [0.717, 1.165) is 39.0 Å². The molecule has 5 rings (SSSR count). The van der Waals surface area contributed by atoms with Crippen LogP contribution in [0.15, 0.2) is 72.2 Å². The number of benzene rings is 2. The van der Waals surface area contributed by atoms with Crippen molar-refractivity contribution in [2.45, 2.75) is 45.8 Å². The van der Waals surface area contributed by atoms with Crippen LogP contribution in [0.25, 0.3) is 22.0 Å². The molecular formula is C28H27N3O2S. The number of pyridine rings is 1. The number of rotatable bonds is 6. The van der Waals surface area contributed by atoms with Crippen LogP contribution >= 0.6 is 11.3 Å². The topological polar surface area (TPSA) is 55.3 Å². The Bertz CT molecular complexity index is 1300. The molecule has 0 saturated heterocycles. The lowest BCUT2D eigenvalue weighted by Crippen LogP contribution is -2.45. The summed E-state index contributed by atoms with van der Waals surface area (Å²) in [4.78, 5) is 24.4. The van der Waals surface area contributed by atoms with Crippen molar-refractivity contribution in [2.24, 2.45) is 0 Å². The quantitative estimate of drug-likeness (QED) is 0.315. The third-order valence-electron chi connectivity index (χ3n) is 6.10. The first-order valence-electron chi connectivity index (χ1n) is 11.6. The molecule has 0 radical (unpaired) electrons. The summed E-state index contributed by atoms with van der Waals surface area (Å²) in [6.07, 6.45) is 1.93. The van der Waals surface area contributed by atoms with Gasteiger partial charge in [-0.2, -0.15) is 0 Å². The van der Waals surface area contributed by atoms with E-state index >= 15 is 0 Å². The highest BCUT2D eigenvalue weighted by molar-refractivity contribution is 7.13. The monoisotopic (exact) mass is 469 g/mol. The molecule has 1 unspecified atom stereocenters. The Labute approximate surface area is 204 Å². The van der Waals surface area contributed by atoms with Crippen molar-refractivity contribution in [1.29, 1.82) is 0 Å². The summed E-state index contributed by atoms with van der Waals surface area (Å²) in [5, 5.41) is 2.90. The zero-order chi connectivity index (χ0) is 23.7. The summed E-state index contributed by atoms with van der Waals surface area (Å²) in [7, 11) is 0. The van der Waals surface area contributed by atoms with Crippen molar-refractivity contribution in [3.8, 4) is 27.7 Å². The van der Waals surface area contributed by atoms with Gasteiger partial charge in [0.1, 0.15) is 10.8 Å². The van der Waals surface area contributed by atoms with Gasteiger partial charge in [-0.3, -0.25) is 9.78 Å². The number of fused-ring (bicyclic) bond motifs is 1. The predicted molar refractivity (Wildman–Crippen MR) is 137 cm³/mol. The molecule has 1 amide bonds. The van der Waals surface area contributed by atoms with Gasteiger partial charge in [-0.25, -0.2) is 4.98 Å². The fourth-order valence-electron chi connectivity index (χ4n) is 4.11. The molecule has 0 bridgehead atoms. The van der Waals surface area contributed by atoms with Crippen molar-refractivity contribution < 1.29 is 9.53 Å². The van der Waals surface area contributed by atoms with Crippen LogP contribution in [0.4, 0.5) is 5.69 Å². The molecule has 34 heavy (non-hydrogen) atoms. The summed E-state index contributed by atoms with van der Waals surface area (Å²) in [5.41, 5.74) is 5.83. The lowest BCUT2D eigenvalue weighted by molar-refractivity contribution is -0.126. The second-order valence-corrected chi connectivity index (χ2v) is 9.63. The Morgan fingerprint density at radius 1 is 1.06 bits per heavy atom. The van der Waals surface area contributed by atoms with Crippen molar-refractivity contribution in [2.75, 3.05) is 4.90 Å². The van der Waals surface area contributed by atoms with Crippen LogP contribution in [0, 0.1) is 0 Å². The van der Waals surface area contributed by atoms with E-state index in [1.165, 1.54) is 5.56 Å². The molecule has 1 aliphatic heterocycles. The van der Waals surface area contributed by atoms with Gasteiger partial charge in [0.05, 0.1) is 23.6 Å². The lowest BCUT2D eigenvalue weighted by atomic mass is 10.0. The normalized spacial score (nSPS) is 15.4. The molecule has 6 heteroatoms. The molecule has 4 aromatic rings. The maximum atomic E-state index is 13.3. The first kappa shape index (κ1) is 22.3. The van der Waals surface area contributed by atoms with Gasteiger partial charge in [-0.05, 0) is 53.8 Å². The van der Waals surface area contributed by atoms with Crippen LogP contribution in [-0.2, 0) is 11.3 Å². The molecular weight excluding hydrogens is 442 g/mol. The number of carbonyl (C=O) groups is 1. The number of hydrogen-bond acceptors (Lipinski definition) is 5.